The van der Waals surface area contributed by atoms with Crippen LogP contribution in [0.15, 0.2) is 52.4 Å². The molecule has 1 aromatic heterocycles. The fourth-order valence-electron chi connectivity index (χ4n) is 2.75. The maximum absolute atomic E-state index is 12.4. The summed E-state index contributed by atoms with van der Waals surface area (Å²) in [5.41, 5.74) is 1.29. The Labute approximate surface area is 181 Å². The molecule has 1 aliphatic rings. The first-order valence-corrected chi connectivity index (χ1v) is 10.5. The maximum Gasteiger partial charge on any atom is 0.278 e. The summed E-state index contributed by atoms with van der Waals surface area (Å²) in [5.74, 6) is 1.11. The number of ether oxygens (including phenoxy) is 2. The third-order valence-corrected chi connectivity index (χ3v) is 5.35. The summed E-state index contributed by atoms with van der Waals surface area (Å²) in [4.78, 5) is 27.1. The van der Waals surface area contributed by atoms with E-state index in [9.17, 15) is 9.59 Å². The van der Waals surface area contributed by atoms with Crippen LogP contribution in [0.4, 0.5) is 0 Å². The van der Waals surface area contributed by atoms with Gasteiger partial charge in [0.15, 0.2) is 22.3 Å². The summed E-state index contributed by atoms with van der Waals surface area (Å²) in [6.45, 7) is 1.34. The third kappa shape index (κ3) is 4.92. The van der Waals surface area contributed by atoms with E-state index in [-0.39, 0.29) is 22.5 Å². The smallest absolute Gasteiger partial charge is 0.278 e. The SMILES string of the molecule is O=C(CSc1nnc(-c2ccc3c(c2)OCCO3)c(=O)[nH]1)NCc1ccc(Cl)cc1. The van der Waals surface area contributed by atoms with E-state index in [1.807, 2.05) is 12.1 Å². The molecular formula is C20H17ClN4O4S. The highest BCUT2D eigenvalue weighted by Gasteiger charge is 2.15. The van der Waals surface area contributed by atoms with E-state index < -0.39 is 5.56 Å². The van der Waals surface area contributed by atoms with Crippen molar-refractivity contribution in [1.29, 1.82) is 0 Å². The highest BCUT2D eigenvalue weighted by atomic mass is 35.5. The van der Waals surface area contributed by atoms with Crippen LogP contribution in [-0.4, -0.2) is 40.1 Å². The number of hydrogen-bond acceptors (Lipinski definition) is 7. The van der Waals surface area contributed by atoms with Gasteiger partial charge < -0.3 is 14.8 Å². The first kappa shape index (κ1) is 20.2. The number of benzene rings is 2. The predicted molar refractivity (Wildman–Crippen MR) is 113 cm³/mol. The van der Waals surface area contributed by atoms with Crippen LogP contribution in [0.3, 0.4) is 0 Å². The van der Waals surface area contributed by atoms with E-state index in [0.29, 0.717) is 41.8 Å². The molecule has 154 valence electrons. The van der Waals surface area contributed by atoms with Crippen molar-refractivity contribution in [3.8, 4) is 22.8 Å². The minimum Gasteiger partial charge on any atom is -0.486 e. The molecule has 0 bridgehead atoms. The van der Waals surface area contributed by atoms with Gasteiger partial charge >= 0.3 is 0 Å². The van der Waals surface area contributed by atoms with E-state index in [2.05, 4.69) is 20.5 Å². The van der Waals surface area contributed by atoms with Crippen LogP contribution in [0.1, 0.15) is 5.56 Å². The number of carbonyl (C=O) groups is 1. The Hall–Kier alpha value is -3.04. The molecule has 2 heterocycles. The van der Waals surface area contributed by atoms with E-state index in [1.54, 1.807) is 30.3 Å². The van der Waals surface area contributed by atoms with Gasteiger partial charge in [0, 0.05) is 17.1 Å². The van der Waals surface area contributed by atoms with Gasteiger partial charge in [0.1, 0.15) is 13.2 Å². The molecule has 10 heteroatoms. The van der Waals surface area contributed by atoms with Gasteiger partial charge in [-0.25, -0.2) is 0 Å². The number of rotatable bonds is 6. The largest absolute Gasteiger partial charge is 0.486 e. The van der Waals surface area contributed by atoms with Crippen molar-refractivity contribution in [2.75, 3.05) is 19.0 Å². The molecule has 0 aliphatic carbocycles. The molecule has 0 radical (unpaired) electrons. The Kier molecular flexibility index (Phi) is 6.20. The van der Waals surface area contributed by atoms with Gasteiger partial charge in [0.05, 0.1) is 5.75 Å². The molecule has 3 aromatic rings. The molecule has 30 heavy (non-hydrogen) atoms. The summed E-state index contributed by atoms with van der Waals surface area (Å²) in [5, 5.41) is 11.7. The van der Waals surface area contributed by atoms with E-state index in [4.69, 9.17) is 21.1 Å². The predicted octanol–water partition coefficient (Wildman–Crippen LogP) is 2.67. The van der Waals surface area contributed by atoms with Gasteiger partial charge in [-0.05, 0) is 35.9 Å². The molecule has 0 unspecified atom stereocenters. The van der Waals surface area contributed by atoms with Gasteiger partial charge in [0.25, 0.3) is 5.56 Å². The quantitative estimate of drug-likeness (QED) is 0.563. The standard InChI is InChI=1S/C20H17ClN4O4S/c21-14-4-1-12(2-5-14)10-22-17(26)11-30-20-23-19(27)18(24-25-20)13-3-6-15-16(9-13)29-8-7-28-15/h1-6,9H,7-8,10-11H2,(H,22,26)(H,23,25,27). The van der Waals surface area contributed by atoms with Gasteiger partial charge in [0.2, 0.25) is 5.91 Å². The number of nitrogens with one attached hydrogen (secondary N) is 2. The van der Waals surface area contributed by atoms with Crippen molar-refractivity contribution >= 4 is 29.3 Å². The normalized spacial score (nSPS) is 12.4. The topological polar surface area (TPSA) is 106 Å². The Morgan fingerprint density at radius 3 is 2.63 bits per heavy atom. The third-order valence-electron chi connectivity index (χ3n) is 4.23. The molecule has 2 aromatic carbocycles. The van der Waals surface area contributed by atoms with E-state index >= 15 is 0 Å². The zero-order valence-electron chi connectivity index (χ0n) is 15.7. The molecule has 4 rings (SSSR count). The number of carbonyl (C=O) groups excluding carboxylic acids is 1. The summed E-state index contributed by atoms with van der Waals surface area (Å²) in [6.07, 6.45) is 0. The van der Waals surface area contributed by atoms with Crippen LogP contribution in [0.2, 0.25) is 5.02 Å². The number of nitrogens with zero attached hydrogens (tertiary/aromatic N) is 2. The van der Waals surface area contributed by atoms with Crippen molar-refractivity contribution in [2.45, 2.75) is 11.7 Å². The number of aromatic amines is 1. The molecule has 1 aliphatic heterocycles. The van der Waals surface area contributed by atoms with Crippen molar-refractivity contribution < 1.29 is 14.3 Å². The molecular weight excluding hydrogens is 428 g/mol. The summed E-state index contributed by atoms with van der Waals surface area (Å²) < 4.78 is 11.0. The van der Waals surface area contributed by atoms with Crippen molar-refractivity contribution in [1.82, 2.24) is 20.5 Å². The average Bonchev–Trinajstić information content (AvgIpc) is 2.77. The Morgan fingerprint density at radius 1 is 1.10 bits per heavy atom. The molecule has 0 spiro atoms. The van der Waals surface area contributed by atoms with Gasteiger partial charge in [-0.3, -0.25) is 14.6 Å². The number of aromatic nitrogens is 3. The van der Waals surface area contributed by atoms with Crippen molar-refractivity contribution in [2.24, 2.45) is 0 Å². The van der Waals surface area contributed by atoms with Crippen LogP contribution < -0.4 is 20.3 Å². The van der Waals surface area contributed by atoms with Crippen LogP contribution in [0, 0.1) is 0 Å². The Morgan fingerprint density at radius 2 is 1.87 bits per heavy atom. The summed E-state index contributed by atoms with van der Waals surface area (Å²) in [7, 11) is 0. The zero-order valence-corrected chi connectivity index (χ0v) is 17.3. The number of amides is 1. The lowest BCUT2D eigenvalue weighted by atomic mass is 10.1. The van der Waals surface area contributed by atoms with Crippen LogP contribution >= 0.6 is 23.4 Å². The van der Waals surface area contributed by atoms with E-state index in [1.165, 1.54) is 0 Å². The molecule has 1 amide bonds. The van der Waals surface area contributed by atoms with Gasteiger partial charge in [-0.2, -0.15) is 0 Å². The second-order valence-electron chi connectivity index (χ2n) is 6.36. The highest BCUT2D eigenvalue weighted by molar-refractivity contribution is 7.99. The Bertz CT molecular complexity index is 1120. The van der Waals surface area contributed by atoms with Crippen LogP contribution in [-0.2, 0) is 11.3 Å². The summed E-state index contributed by atoms with van der Waals surface area (Å²) >= 11 is 6.94. The molecule has 8 nitrogen and oxygen atoms in total. The fraction of sp³-hybridized carbons (Fsp3) is 0.200. The lowest BCUT2D eigenvalue weighted by Crippen LogP contribution is -2.25. The average molecular weight is 445 g/mol. The minimum absolute atomic E-state index is 0.0988. The number of hydrogen-bond donors (Lipinski definition) is 2. The maximum atomic E-state index is 12.4. The molecule has 0 saturated heterocycles. The van der Waals surface area contributed by atoms with Crippen LogP contribution in [0.5, 0.6) is 11.5 Å². The molecule has 2 N–H and O–H groups in total. The van der Waals surface area contributed by atoms with Gasteiger partial charge in [-0.1, -0.05) is 35.5 Å². The zero-order chi connectivity index (χ0) is 20.9. The first-order chi connectivity index (χ1) is 14.6. The second kappa shape index (κ2) is 9.19. The Balaban J connectivity index is 1.36. The second-order valence-corrected chi connectivity index (χ2v) is 7.76. The molecule has 0 atom stereocenters. The summed E-state index contributed by atoms with van der Waals surface area (Å²) in [6, 6.07) is 12.4. The van der Waals surface area contributed by atoms with Crippen LogP contribution in [0.25, 0.3) is 11.3 Å². The molecule has 0 fully saturated rings. The first-order valence-electron chi connectivity index (χ1n) is 9.09. The highest BCUT2D eigenvalue weighted by Crippen LogP contribution is 2.33. The minimum atomic E-state index is -0.397. The van der Waals surface area contributed by atoms with Gasteiger partial charge in [-0.15, -0.1) is 10.2 Å². The lowest BCUT2D eigenvalue weighted by Gasteiger charge is -2.18. The molecule has 0 saturated carbocycles. The number of H-pyrrole nitrogens is 1. The number of halogens is 1. The number of fused-ring (bicyclic) bond motifs is 1. The monoisotopic (exact) mass is 444 g/mol. The fourth-order valence-corrected chi connectivity index (χ4v) is 3.51. The lowest BCUT2D eigenvalue weighted by molar-refractivity contribution is -0.118. The number of thioether (sulfide) groups is 1. The van der Waals surface area contributed by atoms with Crippen molar-refractivity contribution in [3.05, 3.63) is 63.4 Å². The van der Waals surface area contributed by atoms with Crippen molar-refractivity contribution in [3.63, 3.8) is 0 Å². The van der Waals surface area contributed by atoms with E-state index in [0.717, 1.165) is 17.3 Å².